The zero-order valence-electron chi connectivity index (χ0n) is 17.6. The predicted octanol–water partition coefficient (Wildman–Crippen LogP) is 6.81. The summed E-state index contributed by atoms with van der Waals surface area (Å²) in [6.07, 6.45) is 1.64. The Morgan fingerprint density at radius 2 is 1.76 bits per heavy atom. The smallest absolute Gasteiger partial charge is 0.298 e. The Morgan fingerprint density at radius 1 is 1.03 bits per heavy atom. The summed E-state index contributed by atoms with van der Waals surface area (Å²) in [6, 6.07) is 18.7. The molecule has 0 N–H and O–H groups in total. The number of benzene rings is 3. The lowest BCUT2D eigenvalue weighted by molar-refractivity contribution is -0.113. The molecule has 168 valence electrons. The van der Waals surface area contributed by atoms with Gasteiger partial charge in [-0.3, -0.25) is 9.59 Å². The molecule has 8 heteroatoms. The third-order valence-corrected chi connectivity index (χ3v) is 6.23. The van der Waals surface area contributed by atoms with E-state index in [-0.39, 0.29) is 23.6 Å². The number of amides is 2. The summed E-state index contributed by atoms with van der Waals surface area (Å²) < 4.78 is 26.1. The monoisotopic (exact) mass is 527 g/mol. The number of hydrogen-bond donors (Lipinski definition) is 0. The van der Waals surface area contributed by atoms with E-state index in [1.54, 1.807) is 60.7 Å². The van der Waals surface area contributed by atoms with Gasteiger partial charge in [0.2, 0.25) is 0 Å². The summed E-state index contributed by atoms with van der Waals surface area (Å²) in [4.78, 5) is 26.8. The van der Waals surface area contributed by atoms with Crippen LogP contribution in [0.25, 0.3) is 6.08 Å². The average molecular weight is 528 g/mol. The summed E-state index contributed by atoms with van der Waals surface area (Å²) >= 11 is 4.37. The normalized spacial score (nSPS) is 14.8. The van der Waals surface area contributed by atoms with E-state index in [4.69, 9.17) is 9.47 Å². The van der Waals surface area contributed by atoms with Crippen LogP contribution in [0.15, 0.2) is 76.1 Å². The highest BCUT2D eigenvalue weighted by atomic mass is 79.9. The summed E-state index contributed by atoms with van der Waals surface area (Å²) in [5, 5.41) is -0.355. The molecule has 0 unspecified atom stereocenters. The molecule has 1 aliphatic rings. The van der Waals surface area contributed by atoms with E-state index in [1.807, 2.05) is 13.0 Å². The van der Waals surface area contributed by atoms with E-state index in [9.17, 15) is 14.0 Å². The second-order valence-electron chi connectivity index (χ2n) is 7.00. The highest BCUT2D eigenvalue weighted by Crippen LogP contribution is 2.40. The van der Waals surface area contributed by atoms with Gasteiger partial charge in [-0.05, 0) is 76.6 Å². The standard InChI is InChI=1S/C25H19BrFNO4S/c1-2-31-21-13-16(12-19(26)23(21)32-15-17-8-6-7-11-20(17)27)14-22-24(29)28(25(30)33-22)18-9-4-3-5-10-18/h3-14H,2,15H2,1H3/b22-14-. The van der Waals surface area contributed by atoms with Gasteiger partial charge in [0.25, 0.3) is 11.1 Å². The number of carbonyl (C=O) groups is 2. The van der Waals surface area contributed by atoms with Gasteiger partial charge in [-0.1, -0.05) is 36.4 Å². The summed E-state index contributed by atoms with van der Waals surface area (Å²) in [5.41, 5.74) is 1.60. The molecular weight excluding hydrogens is 509 g/mol. The average Bonchev–Trinajstić information content (AvgIpc) is 3.07. The molecule has 0 bridgehead atoms. The van der Waals surface area contributed by atoms with E-state index in [2.05, 4.69) is 15.9 Å². The minimum Gasteiger partial charge on any atom is -0.490 e. The Bertz CT molecular complexity index is 1230. The van der Waals surface area contributed by atoms with Crippen molar-refractivity contribution < 1.29 is 23.5 Å². The van der Waals surface area contributed by atoms with Crippen molar-refractivity contribution in [1.82, 2.24) is 0 Å². The van der Waals surface area contributed by atoms with Crippen molar-refractivity contribution in [3.8, 4) is 11.5 Å². The highest BCUT2D eigenvalue weighted by Gasteiger charge is 2.36. The van der Waals surface area contributed by atoms with Crippen LogP contribution in [0.2, 0.25) is 0 Å². The van der Waals surface area contributed by atoms with Gasteiger partial charge < -0.3 is 9.47 Å². The van der Waals surface area contributed by atoms with Gasteiger partial charge in [-0.25, -0.2) is 9.29 Å². The minimum atomic E-state index is -0.384. The Hall–Kier alpha value is -3.10. The van der Waals surface area contributed by atoms with Crippen molar-refractivity contribution in [3.63, 3.8) is 0 Å². The lowest BCUT2D eigenvalue weighted by Gasteiger charge is -2.15. The van der Waals surface area contributed by atoms with Crippen LogP contribution in [0.5, 0.6) is 11.5 Å². The van der Waals surface area contributed by atoms with Crippen LogP contribution in [-0.2, 0) is 11.4 Å². The van der Waals surface area contributed by atoms with Crippen molar-refractivity contribution in [2.75, 3.05) is 11.5 Å². The molecule has 1 heterocycles. The largest absolute Gasteiger partial charge is 0.490 e. The van der Waals surface area contributed by atoms with Crippen molar-refractivity contribution in [2.45, 2.75) is 13.5 Å². The Kier molecular flexibility index (Phi) is 7.15. The second-order valence-corrected chi connectivity index (χ2v) is 8.84. The molecular formula is C25H19BrFNO4S. The van der Waals surface area contributed by atoms with Gasteiger partial charge in [0.15, 0.2) is 11.5 Å². The Morgan fingerprint density at radius 3 is 2.48 bits per heavy atom. The van der Waals surface area contributed by atoms with Gasteiger partial charge in [-0.2, -0.15) is 0 Å². The van der Waals surface area contributed by atoms with Crippen molar-refractivity contribution in [3.05, 3.63) is 93.1 Å². The number of ether oxygens (including phenoxy) is 2. The molecule has 0 saturated carbocycles. The fourth-order valence-electron chi connectivity index (χ4n) is 3.26. The van der Waals surface area contributed by atoms with Crippen LogP contribution in [0.4, 0.5) is 14.9 Å². The molecule has 1 fully saturated rings. The van der Waals surface area contributed by atoms with E-state index >= 15 is 0 Å². The molecule has 4 rings (SSSR count). The van der Waals surface area contributed by atoms with Crippen molar-refractivity contribution >= 4 is 50.6 Å². The van der Waals surface area contributed by atoms with Crippen LogP contribution >= 0.6 is 27.7 Å². The third kappa shape index (κ3) is 5.12. The number of carbonyl (C=O) groups excluding carboxylic acids is 2. The molecule has 0 aromatic heterocycles. The molecule has 3 aromatic carbocycles. The zero-order chi connectivity index (χ0) is 23.4. The lowest BCUT2D eigenvalue weighted by atomic mass is 10.1. The van der Waals surface area contributed by atoms with Crippen LogP contribution < -0.4 is 14.4 Å². The zero-order valence-corrected chi connectivity index (χ0v) is 20.0. The molecule has 1 saturated heterocycles. The molecule has 0 radical (unpaired) electrons. The van der Waals surface area contributed by atoms with Gasteiger partial charge >= 0.3 is 0 Å². The quantitative estimate of drug-likeness (QED) is 0.316. The maximum Gasteiger partial charge on any atom is 0.298 e. The van der Waals surface area contributed by atoms with E-state index in [0.717, 1.165) is 16.7 Å². The van der Waals surface area contributed by atoms with Crippen molar-refractivity contribution in [2.24, 2.45) is 0 Å². The SMILES string of the molecule is CCOc1cc(/C=C2\SC(=O)N(c3ccccc3)C2=O)cc(Br)c1OCc1ccccc1F. The maximum absolute atomic E-state index is 14.0. The first-order chi connectivity index (χ1) is 16.0. The molecule has 2 amide bonds. The van der Waals surface area contributed by atoms with Gasteiger partial charge in [0.1, 0.15) is 12.4 Å². The number of thioether (sulfide) groups is 1. The van der Waals surface area contributed by atoms with Gasteiger partial charge in [0, 0.05) is 5.56 Å². The molecule has 5 nitrogen and oxygen atoms in total. The summed E-state index contributed by atoms with van der Waals surface area (Å²) in [7, 11) is 0. The molecule has 3 aromatic rings. The van der Waals surface area contributed by atoms with Crippen LogP contribution in [0.3, 0.4) is 0 Å². The number of rotatable bonds is 7. The van der Waals surface area contributed by atoms with Crippen LogP contribution in [-0.4, -0.2) is 17.8 Å². The second kappa shape index (κ2) is 10.2. The minimum absolute atomic E-state index is 0.0284. The predicted molar refractivity (Wildman–Crippen MR) is 131 cm³/mol. The number of halogens is 2. The Labute approximate surface area is 203 Å². The maximum atomic E-state index is 14.0. The first-order valence-electron chi connectivity index (χ1n) is 10.1. The summed E-state index contributed by atoms with van der Waals surface area (Å²) in [5.74, 6) is 0.133. The van der Waals surface area contributed by atoms with Gasteiger partial charge in [0.05, 0.1) is 21.7 Å². The number of imide groups is 1. The number of hydrogen-bond acceptors (Lipinski definition) is 5. The molecule has 1 aliphatic heterocycles. The van der Waals surface area contributed by atoms with E-state index in [1.165, 1.54) is 6.07 Å². The number of nitrogens with zero attached hydrogens (tertiary/aromatic N) is 1. The lowest BCUT2D eigenvalue weighted by Crippen LogP contribution is -2.27. The number of para-hydroxylation sites is 1. The molecule has 0 spiro atoms. The topological polar surface area (TPSA) is 55.8 Å². The van der Waals surface area contributed by atoms with Crippen molar-refractivity contribution in [1.29, 1.82) is 0 Å². The van der Waals surface area contributed by atoms with E-state index in [0.29, 0.717) is 44.3 Å². The summed E-state index contributed by atoms with van der Waals surface area (Å²) in [6.45, 7) is 2.25. The van der Waals surface area contributed by atoms with Crippen LogP contribution in [0.1, 0.15) is 18.1 Å². The third-order valence-electron chi connectivity index (χ3n) is 4.77. The fraction of sp³-hybridized carbons (Fsp3) is 0.120. The Balaban J connectivity index is 1.61. The fourth-order valence-corrected chi connectivity index (χ4v) is 4.67. The number of anilines is 1. The molecule has 33 heavy (non-hydrogen) atoms. The van der Waals surface area contributed by atoms with Crippen LogP contribution in [0, 0.1) is 5.82 Å². The first-order valence-corrected chi connectivity index (χ1v) is 11.7. The van der Waals surface area contributed by atoms with Gasteiger partial charge in [-0.15, -0.1) is 0 Å². The van der Waals surface area contributed by atoms with E-state index < -0.39 is 0 Å². The first kappa shape index (κ1) is 23.1. The molecule has 0 atom stereocenters. The highest BCUT2D eigenvalue weighted by molar-refractivity contribution is 9.10. The molecule has 0 aliphatic carbocycles.